The molecule has 3 heterocycles. The lowest BCUT2D eigenvalue weighted by Crippen LogP contribution is -2.05. The molecule has 0 saturated heterocycles. The molecule has 1 aliphatic rings. The Morgan fingerprint density at radius 1 is 1.00 bits per heavy atom. The number of aryl methyl sites for hydroxylation is 1. The zero-order valence-corrected chi connectivity index (χ0v) is 17.2. The molecule has 5 aromatic rings. The number of hydrogen-bond donors (Lipinski definition) is 2. The molecule has 2 N–H and O–H groups in total. The number of aromatic amines is 2. The van der Waals surface area contributed by atoms with Crippen LogP contribution in [0.1, 0.15) is 37.0 Å². The Morgan fingerprint density at radius 2 is 1.90 bits per heavy atom. The van der Waals surface area contributed by atoms with Gasteiger partial charge in [-0.1, -0.05) is 26.0 Å². The lowest BCUT2D eigenvalue weighted by Gasteiger charge is -2.22. The lowest BCUT2D eigenvalue weighted by molar-refractivity contribution is 0.302. The minimum Gasteiger partial charge on any atom is -0.488 e. The van der Waals surface area contributed by atoms with Crippen LogP contribution in [-0.2, 0) is 6.61 Å². The molecule has 148 valence electrons. The molecule has 0 aliphatic carbocycles. The summed E-state index contributed by atoms with van der Waals surface area (Å²) >= 11 is 0. The highest BCUT2D eigenvalue weighted by atomic mass is 16.5. The van der Waals surface area contributed by atoms with E-state index in [2.05, 4.69) is 76.2 Å². The molecular weight excluding hydrogens is 372 g/mol. The van der Waals surface area contributed by atoms with Crippen molar-refractivity contribution in [3.05, 3.63) is 65.9 Å². The van der Waals surface area contributed by atoms with Crippen LogP contribution in [-0.4, -0.2) is 19.9 Å². The first kappa shape index (κ1) is 17.3. The quantitative estimate of drug-likeness (QED) is 0.380. The zero-order chi connectivity index (χ0) is 20.4. The van der Waals surface area contributed by atoms with E-state index in [0.29, 0.717) is 12.5 Å². The van der Waals surface area contributed by atoms with E-state index >= 15 is 0 Å². The van der Waals surface area contributed by atoms with Gasteiger partial charge in [-0.2, -0.15) is 0 Å². The third kappa shape index (κ3) is 2.55. The minimum absolute atomic E-state index is 0.373. The van der Waals surface area contributed by atoms with Gasteiger partial charge in [0, 0.05) is 22.4 Å². The molecular formula is C25H22N4O. The zero-order valence-electron chi connectivity index (χ0n) is 17.2. The smallest absolute Gasteiger partial charge is 0.128 e. The summed E-state index contributed by atoms with van der Waals surface area (Å²) < 4.78 is 6.17. The van der Waals surface area contributed by atoms with E-state index < -0.39 is 0 Å². The molecule has 1 aliphatic heterocycles. The Kier molecular flexibility index (Phi) is 3.57. The van der Waals surface area contributed by atoms with Gasteiger partial charge in [0.1, 0.15) is 24.0 Å². The standard InChI is InChI=1S/C25H22N4O/c1-13(2)25-26-11-22(29-25)16-4-6-18-19-8-15-5-7-21-24(28-14(3)27-21)20(15)9-17(19)12-30-23(18)10-16/h4-11,13H,12H2,1-3H3,(H,26,29)(H,27,28). The van der Waals surface area contributed by atoms with Gasteiger partial charge in [-0.15, -0.1) is 0 Å². The fourth-order valence-electron chi connectivity index (χ4n) is 4.35. The van der Waals surface area contributed by atoms with Crippen LogP contribution in [0.5, 0.6) is 5.75 Å². The number of ether oxygens (including phenoxy) is 1. The molecule has 6 rings (SSSR count). The van der Waals surface area contributed by atoms with Crippen LogP contribution in [0.4, 0.5) is 0 Å². The van der Waals surface area contributed by atoms with Crippen LogP contribution in [0, 0.1) is 6.92 Å². The minimum atomic E-state index is 0.373. The van der Waals surface area contributed by atoms with Crippen LogP contribution >= 0.6 is 0 Å². The summed E-state index contributed by atoms with van der Waals surface area (Å²) in [5.41, 5.74) is 7.76. The Balaban J connectivity index is 1.48. The second-order valence-corrected chi connectivity index (χ2v) is 8.35. The third-order valence-electron chi connectivity index (χ3n) is 5.92. The number of nitrogens with one attached hydrogen (secondary N) is 2. The second-order valence-electron chi connectivity index (χ2n) is 8.35. The van der Waals surface area contributed by atoms with Crippen LogP contribution in [0.15, 0.2) is 48.7 Å². The molecule has 5 nitrogen and oxygen atoms in total. The van der Waals surface area contributed by atoms with Crippen LogP contribution in [0.2, 0.25) is 0 Å². The number of rotatable bonds is 2. The van der Waals surface area contributed by atoms with Crippen molar-refractivity contribution in [1.29, 1.82) is 0 Å². The first-order chi connectivity index (χ1) is 14.6. The number of benzene rings is 3. The van der Waals surface area contributed by atoms with Gasteiger partial charge < -0.3 is 14.7 Å². The maximum Gasteiger partial charge on any atom is 0.128 e. The normalized spacial score (nSPS) is 12.9. The van der Waals surface area contributed by atoms with Gasteiger partial charge in [0.15, 0.2) is 0 Å². The van der Waals surface area contributed by atoms with Crippen molar-refractivity contribution >= 4 is 21.8 Å². The van der Waals surface area contributed by atoms with Gasteiger partial charge >= 0.3 is 0 Å². The molecule has 2 aromatic heterocycles. The topological polar surface area (TPSA) is 66.6 Å². The van der Waals surface area contributed by atoms with Gasteiger partial charge in [0.05, 0.1) is 22.9 Å². The predicted molar refractivity (Wildman–Crippen MR) is 120 cm³/mol. The monoisotopic (exact) mass is 394 g/mol. The summed E-state index contributed by atoms with van der Waals surface area (Å²) in [4.78, 5) is 15.9. The highest BCUT2D eigenvalue weighted by Gasteiger charge is 2.20. The van der Waals surface area contributed by atoms with Crippen molar-refractivity contribution in [1.82, 2.24) is 19.9 Å². The van der Waals surface area contributed by atoms with Gasteiger partial charge in [0.25, 0.3) is 0 Å². The summed E-state index contributed by atoms with van der Waals surface area (Å²) in [5.74, 6) is 3.22. The Hall–Kier alpha value is -3.60. The number of fused-ring (bicyclic) bond motifs is 6. The highest BCUT2D eigenvalue weighted by Crippen LogP contribution is 2.42. The van der Waals surface area contributed by atoms with Crippen molar-refractivity contribution in [2.45, 2.75) is 33.3 Å². The fraction of sp³-hybridized carbons (Fsp3) is 0.200. The first-order valence-corrected chi connectivity index (χ1v) is 10.3. The number of hydrogen-bond acceptors (Lipinski definition) is 3. The molecule has 3 aromatic carbocycles. The van der Waals surface area contributed by atoms with E-state index in [-0.39, 0.29) is 0 Å². The summed E-state index contributed by atoms with van der Waals surface area (Å²) in [6.07, 6.45) is 1.90. The maximum absolute atomic E-state index is 6.17. The van der Waals surface area contributed by atoms with Gasteiger partial charge in [-0.3, -0.25) is 0 Å². The SMILES string of the molecule is Cc1nc2c(ccc3cc4c(cc32)COc2cc(-c3cnc(C(C)C)[nH]3)ccc2-4)[nH]1. The second kappa shape index (κ2) is 6.20. The van der Waals surface area contributed by atoms with E-state index in [9.17, 15) is 0 Å². The van der Waals surface area contributed by atoms with Crippen molar-refractivity contribution in [3.63, 3.8) is 0 Å². The number of H-pyrrole nitrogens is 2. The van der Waals surface area contributed by atoms with Crippen molar-refractivity contribution in [3.8, 4) is 28.1 Å². The summed E-state index contributed by atoms with van der Waals surface area (Å²) in [5, 5.41) is 2.36. The van der Waals surface area contributed by atoms with Gasteiger partial charge in [0.2, 0.25) is 0 Å². The number of imidazole rings is 2. The molecule has 0 saturated carbocycles. The fourth-order valence-corrected chi connectivity index (χ4v) is 4.35. The van der Waals surface area contributed by atoms with E-state index in [1.54, 1.807) is 0 Å². The van der Waals surface area contributed by atoms with Gasteiger partial charge in [-0.05, 0) is 53.8 Å². The van der Waals surface area contributed by atoms with E-state index in [1.165, 1.54) is 16.5 Å². The summed E-state index contributed by atoms with van der Waals surface area (Å²) in [7, 11) is 0. The van der Waals surface area contributed by atoms with Crippen molar-refractivity contribution in [2.75, 3.05) is 0 Å². The Bertz CT molecular complexity index is 1440. The Morgan fingerprint density at radius 3 is 2.73 bits per heavy atom. The molecule has 0 fully saturated rings. The number of nitrogens with zero attached hydrogens (tertiary/aromatic N) is 2. The van der Waals surface area contributed by atoms with Gasteiger partial charge in [-0.25, -0.2) is 9.97 Å². The largest absolute Gasteiger partial charge is 0.488 e. The Labute approximate surface area is 174 Å². The maximum atomic E-state index is 6.17. The van der Waals surface area contributed by atoms with E-state index in [1.807, 2.05) is 13.1 Å². The highest BCUT2D eigenvalue weighted by molar-refractivity contribution is 6.06. The first-order valence-electron chi connectivity index (χ1n) is 10.3. The average Bonchev–Trinajstić information content (AvgIpc) is 3.38. The van der Waals surface area contributed by atoms with E-state index in [4.69, 9.17) is 4.74 Å². The summed E-state index contributed by atoms with van der Waals surface area (Å²) in [6.45, 7) is 6.82. The van der Waals surface area contributed by atoms with Crippen LogP contribution in [0.3, 0.4) is 0 Å². The molecule has 0 unspecified atom stereocenters. The van der Waals surface area contributed by atoms with Crippen LogP contribution < -0.4 is 4.74 Å². The molecule has 0 atom stereocenters. The van der Waals surface area contributed by atoms with Crippen molar-refractivity contribution in [2.24, 2.45) is 0 Å². The van der Waals surface area contributed by atoms with E-state index in [0.717, 1.165) is 50.6 Å². The third-order valence-corrected chi connectivity index (χ3v) is 5.92. The average molecular weight is 394 g/mol. The number of aromatic nitrogens is 4. The molecule has 30 heavy (non-hydrogen) atoms. The molecule has 0 amide bonds. The molecule has 0 radical (unpaired) electrons. The summed E-state index contributed by atoms with van der Waals surface area (Å²) in [6, 6.07) is 15.2. The lowest BCUT2D eigenvalue weighted by atomic mass is 9.92. The predicted octanol–water partition coefficient (Wildman–Crippen LogP) is 6.10. The van der Waals surface area contributed by atoms with Crippen molar-refractivity contribution < 1.29 is 4.74 Å². The molecule has 0 bridgehead atoms. The molecule has 5 heteroatoms. The molecule has 0 spiro atoms. The van der Waals surface area contributed by atoms with Crippen LogP contribution in [0.25, 0.3) is 44.2 Å².